The van der Waals surface area contributed by atoms with Gasteiger partial charge in [-0.3, -0.25) is 9.48 Å². The van der Waals surface area contributed by atoms with E-state index in [1.165, 1.54) is 5.56 Å². The molecule has 1 atom stereocenters. The molecule has 6 heteroatoms. The van der Waals surface area contributed by atoms with Gasteiger partial charge in [0.25, 0.3) is 5.91 Å². The third-order valence-corrected chi connectivity index (χ3v) is 6.38. The van der Waals surface area contributed by atoms with E-state index in [4.69, 9.17) is 4.98 Å². The van der Waals surface area contributed by atoms with Crippen molar-refractivity contribution in [3.8, 4) is 11.4 Å². The van der Waals surface area contributed by atoms with Gasteiger partial charge < -0.3 is 4.90 Å². The number of carbonyl (C=O) groups excluding carboxylic acids is 1. The zero-order valence-corrected chi connectivity index (χ0v) is 16.9. The maximum atomic E-state index is 13.2. The first-order valence-corrected chi connectivity index (χ1v) is 10.3. The third kappa shape index (κ3) is 3.03. The Morgan fingerprint density at radius 2 is 2.00 bits per heavy atom. The molecule has 0 radical (unpaired) electrons. The maximum Gasteiger partial charge on any atom is 0.257 e. The lowest BCUT2D eigenvalue weighted by Crippen LogP contribution is -2.48. The zero-order chi connectivity index (χ0) is 20.0. The van der Waals surface area contributed by atoms with Gasteiger partial charge in [0.15, 0.2) is 5.82 Å². The Morgan fingerprint density at radius 3 is 2.76 bits per heavy atom. The normalized spacial score (nSPS) is 20.8. The molecule has 1 fully saturated rings. The Bertz CT molecular complexity index is 1070. The van der Waals surface area contributed by atoms with Crippen LogP contribution in [0.5, 0.6) is 0 Å². The molecule has 5 rings (SSSR count). The average Bonchev–Trinajstić information content (AvgIpc) is 3.27. The predicted octanol–water partition coefficient (Wildman–Crippen LogP) is 3.31. The SMILES string of the molecule is Cc1nn(C)cc1C(=O)N1CCCC2(CCc3cnc(-c4ccccc4)nc32)C1. The fourth-order valence-electron chi connectivity index (χ4n) is 4.95. The van der Waals surface area contributed by atoms with Crippen LogP contribution in [0.1, 0.15) is 46.6 Å². The standard InChI is InChI=1S/C23H25N5O/c1-16-19(14-27(2)26-16)22(29)28-12-6-10-23(15-28)11-9-18-13-24-21(25-20(18)23)17-7-4-3-5-8-17/h3-5,7-8,13-14H,6,9-12,15H2,1-2H3. The van der Waals surface area contributed by atoms with Crippen molar-refractivity contribution in [1.82, 2.24) is 24.6 Å². The van der Waals surface area contributed by atoms with E-state index in [2.05, 4.69) is 10.1 Å². The first-order chi connectivity index (χ1) is 14.1. The van der Waals surface area contributed by atoms with E-state index < -0.39 is 0 Å². The summed E-state index contributed by atoms with van der Waals surface area (Å²) in [5.74, 6) is 0.859. The topological polar surface area (TPSA) is 63.9 Å². The highest BCUT2D eigenvalue weighted by atomic mass is 16.2. The molecule has 6 nitrogen and oxygen atoms in total. The number of hydrogen-bond donors (Lipinski definition) is 0. The molecule has 0 N–H and O–H groups in total. The number of benzene rings is 1. The molecule has 29 heavy (non-hydrogen) atoms. The number of nitrogens with zero attached hydrogens (tertiary/aromatic N) is 5. The van der Waals surface area contributed by atoms with Crippen LogP contribution in [-0.4, -0.2) is 43.6 Å². The molecule has 148 valence electrons. The smallest absolute Gasteiger partial charge is 0.257 e. The van der Waals surface area contributed by atoms with Crippen LogP contribution in [0, 0.1) is 6.92 Å². The van der Waals surface area contributed by atoms with E-state index in [-0.39, 0.29) is 11.3 Å². The van der Waals surface area contributed by atoms with Gasteiger partial charge in [-0.25, -0.2) is 9.97 Å². The highest BCUT2D eigenvalue weighted by molar-refractivity contribution is 5.95. The molecule has 1 aromatic carbocycles. The van der Waals surface area contributed by atoms with E-state index in [1.807, 2.05) is 61.6 Å². The van der Waals surface area contributed by atoms with E-state index in [9.17, 15) is 4.79 Å². The summed E-state index contributed by atoms with van der Waals surface area (Å²) in [4.78, 5) is 24.9. The van der Waals surface area contributed by atoms with Gasteiger partial charge in [-0.2, -0.15) is 5.10 Å². The van der Waals surface area contributed by atoms with Crippen LogP contribution in [0.4, 0.5) is 0 Å². The van der Waals surface area contributed by atoms with Crippen molar-refractivity contribution in [3.63, 3.8) is 0 Å². The van der Waals surface area contributed by atoms with Crippen molar-refractivity contribution < 1.29 is 4.79 Å². The van der Waals surface area contributed by atoms with Crippen molar-refractivity contribution in [3.05, 3.63) is 65.2 Å². The summed E-state index contributed by atoms with van der Waals surface area (Å²) in [5.41, 5.74) is 4.84. The molecule has 1 aliphatic carbocycles. The molecule has 1 saturated heterocycles. The van der Waals surface area contributed by atoms with E-state index in [0.29, 0.717) is 5.56 Å². The fourth-order valence-corrected chi connectivity index (χ4v) is 4.95. The van der Waals surface area contributed by atoms with Crippen LogP contribution in [0.3, 0.4) is 0 Å². The number of aryl methyl sites for hydroxylation is 3. The summed E-state index contributed by atoms with van der Waals surface area (Å²) in [6.45, 7) is 3.41. The number of carbonyl (C=O) groups is 1. The lowest BCUT2D eigenvalue weighted by atomic mass is 9.77. The predicted molar refractivity (Wildman–Crippen MR) is 111 cm³/mol. The number of hydrogen-bond acceptors (Lipinski definition) is 4. The second-order valence-electron chi connectivity index (χ2n) is 8.35. The van der Waals surface area contributed by atoms with Gasteiger partial charge in [-0.05, 0) is 38.2 Å². The molecule has 1 spiro atoms. The number of aromatic nitrogens is 4. The lowest BCUT2D eigenvalue weighted by molar-refractivity contribution is 0.0632. The van der Waals surface area contributed by atoms with Crippen molar-refractivity contribution >= 4 is 5.91 Å². The minimum Gasteiger partial charge on any atom is -0.338 e. The Kier molecular flexibility index (Phi) is 4.23. The molecule has 2 aliphatic rings. The Labute approximate surface area is 170 Å². The fraction of sp³-hybridized carbons (Fsp3) is 0.391. The number of piperidine rings is 1. The molecular weight excluding hydrogens is 362 g/mol. The third-order valence-electron chi connectivity index (χ3n) is 6.38. The van der Waals surface area contributed by atoms with Crippen molar-refractivity contribution in [2.24, 2.45) is 7.05 Å². The lowest BCUT2D eigenvalue weighted by Gasteiger charge is -2.40. The minimum absolute atomic E-state index is 0.0637. The van der Waals surface area contributed by atoms with Gasteiger partial charge in [-0.1, -0.05) is 30.3 Å². The zero-order valence-electron chi connectivity index (χ0n) is 16.9. The van der Waals surface area contributed by atoms with Crippen LogP contribution in [0.15, 0.2) is 42.7 Å². The summed E-state index contributed by atoms with van der Waals surface area (Å²) >= 11 is 0. The van der Waals surface area contributed by atoms with Crippen molar-refractivity contribution in [1.29, 1.82) is 0 Å². The second kappa shape index (κ2) is 6.79. The largest absolute Gasteiger partial charge is 0.338 e. The van der Waals surface area contributed by atoms with Crippen LogP contribution < -0.4 is 0 Å². The first kappa shape index (κ1) is 18.0. The number of fused-ring (bicyclic) bond motifs is 2. The summed E-state index contributed by atoms with van der Waals surface area (Å²) in [5, 5.41) is 4.35. The summed E-state index contributed by atoms with van der Waals surface area (Å²) < 4.78 is 1.71. The van der Waals surface area contributed by atoms with Crippen molar-refractivity contribution in [2.45, 2.75) is 38.0 Å². The van der Waals surface area contributed by atoms with Crippen LogP contribution in [0.25, 0.3) is 11.4 Å². The highest BCUT2D eigenvalue weighted by Gasteiger charge is 2.45. The quantitative estimate of drug-likeness (QED) is 0.677. The van der Waals surface area contributed by atoms with Gasteiger partial charge in [-0.15, -0.1) is 0 Å². The number of rotatable bonds is 2. The van der Waals surface area contributed by atoms with Gasteiger partial charge in [0.2, 0.25) is 0 Å². The van der Waals surface area contributed by atoms with E-state index >= 15 is 0 Å². The van der Waals surface area contributed by atoms with E-state index in [1.54, 1.807) is 4.68 Å². The van der Waals surface area contributed by atoms with Crippen LogP contribution >= 0.6 is 0 Å². The van der Waals surface area contributed by atoms with Gasteiger partial charge >= 0.3 is 0 Å². The molecule has 3 aromatic rings. The summed E-state index contributed by atoms with van der Waals surface area (Å²) in [6, 6.07) is 10.1. The summed E-state index contributed by atoms with van der Waals surface area (Å²) in [7, 11) is 1.86. The monoisotopic (exact) mass is 387 g/mol. The van der Waals surface area contributed by atoms with Gasteiger partial charge in [0.05, 0.1) is 17.0 Å². The van der Waals surface area contributed by atoms with E-state index in [0.717, 1.165) is 61.5 Å². The first-order valence-electron chi connectivity index (χ1n) is 10.3. The summed E-state index contributed by atoms with van der Waals surface area (Å²) in [6.07, 6.45) is 7.91. The Morgan fingerprint density at radius 1 is 1.17 bits per heavy atom. The second-order valence-corrected chi connectivity index (χ2v) is 8.35. The molecule has 3 heterocycles. The minimum atomic E-state index is -0.0637. The number of amides is 1. The molecule has 0 bridgehead atoms. The van der Waals surface area contributed by atoms with Crippen LogP contribution in [-0.2, 0) is 18.9 Å². The Balaban J connectivity index is 1.48. The van der Waals surface area contributed by atoms with Gasteiger partial charge in [0, 0.05) is 43.5 Å². The maximum absolute atomic E-state index is 13.2. The molecule has 1 unspecified atom stereocenters. The van der Waals surface area contributed by atoms with Crippen molar-refractivity contribution in [2.75, 3.05) is 13.1 Å². The molecule has 0 saturated carbocycles. The molecule has 2 aromatic heterocycles. The average molecular weight is 387 g/mol. The van der Waals surface area contributed by atoms with Crippen LogP contribution in [0.2, 0.25) is 0 Å². The molecular formula is C23H25N5O. The number of likely N-dealkylation sites (tertiary alicyclic amines) is 1. The molecule has 1 amide bonds. The van der Waals surface area contributed by atoms with Gasteiger partial charge in [0.1, 0.15) is 0 Å². The molecule has 1 aliphatic heterocycles. The highest BCUT2D eigenvalue weighted by Crippen LogP contribution is 2.44. The Hall–Kier alpha value is -3.02.